The topological polar surface area (TPSA) is 59.8 Å². The molecule has 0 radical (unpaired) electrons. The molecule has 1 amide bonds. The van der Waals surface area contributed by atoms with Gasteiger partial charge in [0.15, 0.2) is 0 Å². The minimum atomic E-state index is -0.626. The maximum atomic E-state index is 13.1. The summed E-state index contributed by atoms with van der Waals surface area (Å²) in [7, 11) is 1.56. The van der Waals surface area contributed by atoms with Gasteiger partial charge in [-0.25, -0.2) is 4.79 Å². The van der Waals surface area contributed by atoms with Gasteiger partial charge in [-0.1, -0.05) is 18.2 Å². The molecule has 0 saturated heterocycles. The van der Waals surface area contributed by atoms with Crippen molar-refractivity contribution in [2.45, 2.75) is 19.4 Å². The van der Waals surface area contributed by atoms with E-state index >= 15 is 0 Å². The summed E-state index contributed by atoms with van der Waals surface area (Å²) in [5.41, 5.74) is 1.79. The van der Waals surface area contributed by atoms with Gasteiger partial charge in [0.2, 0.25) is 0 Å². The number of rotatable bonds is 2. The molecule has 5 heteroatoms. The molecule has 1 aromatic heterocycles. The van der Waals surface area contributed by atoms with E-state index in [0.717, 1.165) is 17.7 Å². The molecule has 1 aliphatic heterocycles. The van der Waals surface area contributed by atoms with Crippen LogP contribution >= 0.6 is 0 Å². The lowest BCUT2D eigenvalue weighted by Gasteiger charge is -2.22. The fourth-order valence-corrected chi connectivity index (χ4v) is 3.38. The molecule has 2 aromatic carbocycles. The number of hydrogen-bond acceptors (Lipinski definition) is 4. The van der Waals surface area contributed by atoms with Gasteiger partial charge in [0.05, 0.1) is 7.11 Å². The quantitative estimate of drug-likeness (QED) is 0.674. The van der Waals surface area contributed by atoms with E-state index in [9.17, 15) is 9.59 Å². The van der Waals surface area contributed by atoms with Crippen molar-refractivity contribution in [2.75, 3.05) is 12.0 Å². The Kier molecular flexibility index (Phi) is 3.57. The van der Waals surface area contributed by atoms with Gasteiger partial charge in [-0.2, -0.15) is 0 Å². The van der Waals surface area contributed by atoms with Crippen LogP contribution in [-0.4, -0.2) is 19.1 Å². The Morgan fingerprint density at radius 3 is 2.80 bits per heavy atom. The molecule has 1 atom stereocenters. The van der Waals surface area contributed by atoms with Gasteiger partial charge in [0.25, 0.3) is 5.91 Å². The van der Waals surface area contributed by atoms with E-state index in [-0.39, 0.29) is 17.5 Å². The first-order valence-electron chi connectivity index (χ1n) is 8.12. The van der Waals surface area contributed by atoms with Gasteiger partial charge in [-0.15, -0.1) is 0 Å². The van der Waals surface area contributed by atoms with Crippen molar-refractivity contribution >= 4 is 22.6 Å². The fourth-order valence-electron chi connectivity index (χ4n) is 3.38. The molecule has 0 spiro atoms. The number of fused-ring (bicyclic) bond motifs is 2. The van der Waals surface area contributed by atoms with Gasteiger partial charge in [-0.05, 0) is 49.2 Å². The lowest BCUT2D eigenvalue weighted by Crippen LogP contribution is -2.38. The number of methoxy groups -OCH3 is 1. The van der Waals surface area contributed by atoms with Crippen LogP contribution in [0.1, 0.15) is 22.8 Å². The number of carbonyl (C=O) groups excluding carboxylic acids is 1. The van der Waals surface area contributed by atoms with Crippen LogP contribution in [0.25, 0.3) is 11.0 Å². The maximum absolute atomic E-state index is 13.1. The third-order valence-corrected chi connectivity index (χ3v) is 4.60. The SMILES string of the molecule is COc1ccc2oc(=O)c(C(=O)N3c4ccccc4CC3C)cc2c1. The third kappa shape index (κ3) is 2.48. The zero-order chi connectivity index (χ0) is 17.6. The Morgan fingerprint density at radius 2 is 2.00 bits per heavy atom. The second kappa shape index (κ2) is 5.77. The number of benzene rings is 2. The Labute approximate surface area is 144 Å². The van der Waals surface area contributed by atoms with Crippen molar-refractivity contribution in [3.63, 3.8) is 0 Å². The van der Waals surface area contributed by atoms with E-state index in [1.54, 1.807) is 36.3 Å². The van der Waals surface area contributed by atoms with Gasteiger partial charge in [0, 0.05) is 17.1 Å². The third-order valence-electron chi connectivity index (χ3n) is 4.60. The van der Waals surface area contributed by atoms with E-state index in [1.165, 1.54) is 0 Å². The van der Waals surface area contributed by atoms with Crippen LogP contribution in [0.4, 0.5) is 5.69 Å². The lowest BCUT2D eigenvalue weighted by molar-refractivity contribution is 0.0978. The van der Waals surface area contributed by atoms with Crippen LogP contribution in [0, 0.1) is 0 Å². The molecule has 0 N–H and O–H groups in total. The number of ether oxygens (including phenoxy) is 1. The summed E-state index contributed by atoms with van der Waals surface area (Å²) in [6.45, 7) is 1.98. The van der Waals surface area contributed by atoms with Crippen LogP contribution in [0.2, 0.25) is 0 Å². The van der Waals surface area contributed by atoms with E-state index < -0.39 is 5.63 Å². The summed E-state index contributed by atoms with van der Waals surface area (Å²) in [6.07, 6.45) is 0.772. The highest BCUT2D eigenvalue weighted by Crippen LogP contribution is 2.33. The highest BCUT2D eigenvalue weighted by Gasteiger charge is 2.32. The zero-order valence-electron chi connectivity index (χ0n) is 14.0. The molecule has 25 heavy (non-hydrogen) atoms. The molecular formula is C20H17NO4. The van der Waals surface area contributed by atoms with E-state index in [1.807, 2.05) is 31.2 Å². The average Bonchev–Trinajstić information content (AvgIpc) is 2.96. The second-order valence-electron chi connectivity index (χ2n) is 6.21. The number of amides is 1. The van der Waals surface area contributed by atoms with Gasteiger partial charge >= 0.3 is 5.63 Å². The highest BCUT2D eigenvalue weighted by atomic mass is 16.5. The monoisotopic (exact) mass is 335 g/mol. The Morgan fingerprint density at radius 1 is 1.20 bits per heavy atom. The van der Waals surface area contributed by atoms with Crippen molar-refractivity contribution in [2.24, 2.45) is 0 Å². The number of nitrogens with zero attached hydrogens (tertiary/aromatic N) is 1. The standard InChI is InChI=1S/C20H17NO4/c1-12-9-13-5-3-4-6-17(13)21(12)19(22)16-11-14-10-15(24-2)7-8-18(14)25-20(16)23/h3-8,10-12H,9H2,1-2H3. The van der Waals surface area contributed by atoms with E-state index in [4.69, 9.17) is 9.15 Å². The summed E-state index contributed by atoms with van der Waals surface area (Å²) >= 11 is 0. The minimum Gasteiger partial charge on any atom is -0.497 e. The first kappa shape index (κ1) is 15.4. The van der Waals surface area contributed by atoms with Crippen molar-refractivity contribution < 1.29 is 13.9 Å². The molecule has 0 bridgehead atoms. The fraction of sp³-hybridized carbons (Fsp3) is 0.200. The molecule has 0 fully saturated rings. The molecular weight excluding hydrogens is 318 g/mol. The van der Waals surface area contributed by atoms with Crippen LogP contribution in [0.5, 0.6) is 5.75 Å². The van der Waals surface area contributed by atoms with Crippen molar-refractivity contribution in [3.8, 4) is 5.75 Å². The summed E-state index contributed by atoms with van der Waals surface area (Å²) in [5, 5.41) is 0.655. The van der Waals surface area contributed by atoms with Crippen molar-refractivity contribution in [1.82, 2.24) is 0 Å². The Hall–Kier alpha value is -3.08. The Balaban J connectivity index is 1.82. The van der Waals surface area contributed by atoms with Gasteiger partial charge in [-0.3, -0.25) is 4.79 Å². The smallest absolute Gasteiger partial charge is 0.349 e. The molecule has 5 nitrogen and oxygen atoms in total. The van der Waals surface area contributed by atoms with E-state index in [2.05, 4.69) is 0 Å². The number of para-hydroxylation sites is 1. The molecule has 1 unspecified atom stereocenters. The molecule has 2 heterocycles. The lowest BCUT2D eigenvalue weighted by atomic mass is 10.1. The predicted molar refractivity (Wildman–Crippen MR) is 95.5 cm³/mol. The first-order valence-corrected chi connectivity index (χ1v) is 8.12. The highest BCUT2D eigenvalue weighted by molar-refractivity contribution is 6.08. The second-order valence-corrected chi connectivity index (χ2v) is 6.21. The minimum absolute atomic E-state index is 0.00898. The molecule has 126 valence electrons. The number of anilines is 1. The largest absolute Gasteiger partial charge is 0.497 e. The van der Waals surface area contributed by atoms with Crippen molar-refractivity contribution in [3.05, 3.63) is 70.1 Å². The average molecular weight is 335 g/mol. The predicted octanol–water partition coefficient (Wildman–Crippen LogP) is 3.39. The van der Waals surface area contributed by atoms with Crippen LogP contribution in [0.3, 0.4) is 0 Å². The molecule has 0 saturated carbocycles. The number of carbonyl (C=O) groups is 1. The summed E-state index contributed by atoms with van der Waals surface area (Å²) < 4.78 is 10.5. The normalized spacial score (nSPS) is 16.1. The van der Waals surface area contributed by atoms with Crippen molar-refractivity contribution in [1.29, 1.82) is 0 Å². The first-order chi connectivity index (χ1) is 12.1. The number of hydrogen-bond donors (Lipinski definition) is 0. The van der Waals surface area contributed by atoms with Crippen LogP contribution in [-0.2, 0) is 6.42 Å². The van der Waals surface area contributed by atoms with E-state index in [0.29, 0.717) is 16.7 Å². The molecule has 0 aliphatic carbocycles. The Bertz CT molecular complexity index is 1040. The van der Waals surface area contributed by atoms with Crippen LogP contribution < -0.4 is 15.3 Å². The van der Waals surface area contributed by atoms with Crippen LogP contribution in [0.15, 0.2) is 57.7 Å². The maximum Gasteiger partial charge on any atom is 0.349 e. The summed E-state index contributed by atoms with van der Waals surface area (Å²) in [4.78, 5) is 27.1. The molecule has 1 aliphatic rings. The molecule has 4 rings (SSSR count). The summed E-state index contributed by atoms with van der Waals surface area (Å²) in [6, 6.07) is 14.5. The summed E-state index contributed by atoms with van der Waals surface area (Å²) in [5.74, 6) is 0.301. The molecule has 3 aromatic rings. The zero-order valence-corrected chi connectivity index (χ0v) is 14.0. The van der Waals surface area contributed by atoms with Gasteiger partial charge < -0.3 is 14.1 Å². The van der Waals surface area contributed by atoms with Gasteiger partial charge in [0.1, 0.15) is 16.9 Å².